The van der Waals surface area contributed by atoms with Gasteiger partial charge < -0.3 is 15.1 Å². The number of piperidine rings is 1. The van der Waals surface area contributed by atoms with E-state index in [1.54, 1.807) is 0 Å². The van der Waals surface area contributed by atoms with Crippen LogP contribution in [0.4, 0.5) is 5.82 Å². The minimum atomic E-state index is -1.02. The Labute approximate surface area is 140 Å². The molecule has 2 heterocycles. The Balaban J connectivity index is 1.61. The average molecular weight is 327 g/mol. The lowest BCUT2D eigenvalue weighted by atomic mass is 9.88. The molecule has 1 saturated heterocycles. The van der Waals surface area contributed by atoms with E-state index in [-0.39, 0.29) is 17.6 Å². The maximum atomic E-state index is 11.3. The molecule has 1 atom stereocenters. The van der Waals surface area contributed by atoms with Gasteiger partial charge >= 0.3 is 5.97 Å². The Morgan fingerprint density at radius 2 is 1.96 bits per heavy atom. The van der Waals surface area contributed by atoms with Gasteiger partial charge in [-0.15, -0.1) is 0 Å². The van der Waals surface area contributed by atoms with Gasteiger partial charge in [0, 0.05) is 19.3 Å². The van der Waals surface area contributed by atoms with E-state index in [9.17, 15) is 15.0 Å². The predicted octanol–water partition coefficient (Wildman–Crippen LogP) is 1.99. The number of carboxylic acid groups (broad SMARTS) is 1. The maximum Gasteiger partial charge on any atom is 0.341 e. The van der Waals surface area contributed by atoms with Gasteiger partial charge in [-0.05, 0) is 30.7 Å². The predicted molar refractivity (Wildman–Crippen MR) is 90.1 cm³/mol. The topological polar surface area (TPSA) is 86.5 Å². The third kappa shape index (κ3) is 3.71. The van der Waals surface area contributed by atoms with E-state index in [0.717, 1.165) is 18.4 Å². The van der Waals surface area contributed by atoms with Gasteiger partial charge in [0.25, 0.3) is 0 Å². The normalized spacial score (nSPS) is 16.8. The number of carbonyl (C=O) groups is 1. The first-order valence-electron chi connectivity index (χ1n) is 8.15. The fraction of sp³-hybridized carbons (Fsp3) is 0.389. The molecule has 0 spiro atoms. The Bertz CT molecular complexity index is 685. The summed E-state index contributed by atoms with van der Waals surface area (Å²) in [5.41, 5.74) is 1.26. The molecule has 6 nitrogen and oxygen atoms in total. The van der Waals surface area contributed by atoms with Gasteiger partial charge in [0.05, 0.1) is 6.10 Å². The molecule has 0 aliphatic carbocycles. The molecule has 1 aliphatic rings. The van der Waals surface area contributed by atoms with E-state index in [1.165, 1.54) is 12.5 Å². The number of aliphatic hydroxyl groups excluding tert-OH is 1. The van der Waals surface area contributed by atoms with Gasteiger partial charge in [-0.25, -0.2) is 14.8 Å². The number of nitrogens with zero attached hydrogens (tertiary/aromatic N) is 3. The molecular weight excluding hydrogens is 306 g/mol. The van der Waals surface area contributed by atoms with Crippen LogP contribution in [-0.2, 0) is 6.42 Å². The Kier molecular flexibility index (Phi) is 5.05. The van der Waals surface area contributed by atoms with Gasteiger partial charge in [0.15, 0.2) is 0 Å². The lowest BCUT2D eigenvalue weighted by Gasteiger charge is -2.35. The van der Waals surface area contributed by atoms with Crippen molar-refractivity contribution in [3.63, 3.8) is 0 Å². The summed E-state index contributed by atoms with van der Waals surface area (Å²) < 4.78 is 0. The smallest absolute Gasteiger partial charge is 0.341 e. The molecule has 24 heavy (non-hydrogen) atoms. The van der Waals surface area contributed by atoms with Crippen LogP contribution < -0.4 is 4.90 Å². The Hall–Kier alpha value is -2.47. The zero-order valence-corrected chi connectivity index (χ0v) is 13.4. The fourth-order valence-electron chi connectivity index (χ4n) is 3.24. The van der Waals surface area contributed by atoms with E-state index in [0.29, 0.717) is 25.3 Å². The van der Waals surface area contributed by atoms with Crippen molar-refractivity contribution in [2.24, 2.45) is 5.92 Å². The number of anilines is 1. The van der Waals surface area contributed by atoms with E-state index in [1.807, 2.05) is 35.2 Å². The van der Waals surface area contributed by atoms with E-state index < -0.39 is 5.97 Å². The van der Waals surface area contributed by atoms with Crippen LogP contribution in [0.5, 0.6) is 0 Å². The summed E-state index contributed by atoms with van der Waals surface area (Å²) in [7, 11) is 0. The van der Waals surface area contributed by atoms with Gasteiger partial charge in [-0.3, -0.25) is 0 Å². The third-order valence-electron chi connectivity index (χ3n) is 4.59. The number of carboxylic acids is 1. The molecule has 2 aromatic rings. The van der Waals surface area contributed by atoms with Crippen LogP contribution in [0.25, 0.3) is 0 Å². The second-order valence-corrected chi connectivity index (χ2v) is 6.15. The van der Waals surface area contributed by atoms with Gasteiger partial charge in [-0.1, -0.05) is 30.3 Å². The van der Waals surface area contributed by atoms with Crippen molar-refractivity contribution in [3.8, 4) is 0 Å². The summed E-state index contributed by atoms with van der Waals surface area (Å²) >= 11 is 0. The van der Waals surface area contributed by atoms with E-state index >= 15 is 0 Å². The quantitative estimate of drug-likeness (QED) is 0.873. The van der Waals surface area contributed by atoms with Crippen molar-refractivity contribution in [3.05, 3.63) is 54.0 Å². The maximum absolute atomic E-state index is 11.3. The number of aliphatic hydroxyl groups is 1. The highest BCUT2D eigenvalue weighted by molar-refractivity contribution is 5.92. The highest BCUT2D eigenvalue weighted by Gasteiger charge is 2.27. The summed E-state index contributed by atoms with van der Waals surface area (Å²) in [4.78, 5) is 21.2. The van der Waals surface area contributed by atoms with Crippen molar-refractivity contribution in [1.29, 1.82) is 0 Å². The van der Waals surface area contributed by atoms with Crippen molar-refractivity contribution in [2.75, 3.05) is 18.0 Å². The molecule has 0 bridgehead atoms. The molecule has 0 radical (unpaired) electrons. The van der Waals surface area contributed by atoms with Crippen LogP contribution in [0.1, 0.15) is 28.8 Å². The zero-order chi connectivity index (χ0) is 16.9. The van der Waals surface area contributed by atoms with Crippen LogP contribution in [0.2, 0.25) is 0 Å². The van der Waals surface area contributed by atoms with Crippen LogP contribution in [-0.4, -0.2) is 45.3 Å². The molecule has 0 saturated carbocycles. The Morgan fingerprint density at radius 3 is 2.62 bits per heavy atom. The average Bonchev–Trinajstić information content (AvgIpc) is 2.62. The first-order valence-corrected chi connectivity index (χ1v) is 8.15. The SMILES string of the molecule is O=C(O)c1cncnc1N1CCC(C(O)Cc2ccccc2)CC1. The van der Waals surface area contributed by atoms with Gasteiger partial charge in [0.1, 0.15) is 17.7 Å². The third-order valence-corrected chi connectivity index (χ3v) is 4.59. The second-order valence-electron chi connectivity index (χ2n) is 6.15. The van der Waals surface area contributed by atoms with Gasteiger partial charge in [-0.2, -0.15) is 0 Å². The number of aromatic nitrogens is 2. The first kappa shape index (κ1) is 16.4. The van der Waals surface area contributed by atoms with Crippen LogP contribution in [0.3, 0.4) is 0 Å². The van der Waals surface area contributed by atoms with Crippen molar-refractivity contribution < 1.29 is 15.0 Å². The standard InChI is InChI=1S/C18H21N3O3/c22-16(10-13-4-2-1-3-5-13)14-6-8-21(9-7-14)17-15(18(23)24)11-19-12-20-17/h1-5,11-12,14,16,22H,6-10H2,(H,23,24). The molecule has 2 N–H and O–H groups in total. The lowest BCUT2D eigenvalue weighted by molar-refractivity contribution is 0.0695. The number of hydrogen-bond acceptors (Lipinski definition) is 5. The van der Waals surface area contributed by atoms with Crippen LogP contribution in [0, 0.1) is 5.92 Å². The first-order chi connectivity index (χ1) is 11.6. The van der Waals surface area contributed by atoms with Crippen molar-refractivity contribution in [1.82, 2.24) is 9.97 Å². The molecule has 6 heteroatoms. The molecule has 0 amide bonds. The largest absolute Gasteiger partial charge is 0.477 e. The monoisotopic (exact) mass is 327 g/mol. The highest BCUT2D eigenvalue weighted by Crippen LogP contribution is 2.27. The molecular formula is C18H21N3O3. The number of benzene rings is 1. The molecule has 126 valence electrons. The van der Waals surface area contributed by atoms with Crippen molar-refractivity contribution in [2.45, 2.75) is 25.4 Å². The zero-order valence-electron chi connectivity index (χ0n) is 13.4. The lowest BCUT2D eigenvalue weighted by Crippen LogP contribution is -2.39. The Morgan fingerprint density at radius 1 is 1.25 bits per heavy atom. The molecule has 1 aromatic heterocycles. The van der Waals surface area contributed by atoms with Crippen LogP contribution in [0.15, 0.2) is 42.9 Å². The van der Waals surface area contributed by atoms with E-state index in [4.69, 9.17) is 0 Å². The number of rotatable bonds is 5. The minimum Gasteiger partial charge on any atom is -0.477 e. The molecule has 1 unspecified atom stereocenters. The summed E-state index contributed by atoms with van der Waals surface area (Å²) in [5, 5.41) is 19.7. The summed E-state index contributed by atoms with van der Waals surface area (Å²) in [6.07, 6.45) is 4.62. The summed E-state index contributed by atoms with van der Waals surface area (Å²) in [6.45, 7) is 1.38. The molecule has 3 rings (SSSR count). The number of hydrogen-bond donors (Lipinski definition) is 2. The number of aromatic carboxylic acids is 1. The van der Waals surface area contributed by atoms with Gasteiger partial charge in [0.2, 0.25) is 0 Å². The summed E-state index contributed by atoms with van der Waals surface area (Å²) in [6, 6.07) is 9.98. The molecule has 1 aliphatic heterocycles. The van der Waals surface area contributed by atoms with Crippen LogP contribution >= 0.6 is 0 Å². The fourth-order valence-corrected chi connectivity index (χ4v) is 3.24. The van der Waals surface area contributed by atoms with E-state index in [2.05, 4.69) is 9.97 Å². The van der Waals surface area contributed by atoms with Crippen molar-refractivity contribution >= 4 is 11.8 Å². The highest BCUT2D eigenvalue weighted by atomic mass is 16.4. The minimum absolute atomic E-state index is 0.126. The second kappa shape index (κ2) is 7.40. The molecule has 1 fully saturated rings. The summed E-state index contributed by atoms with van der Waals surface area (Å²) in [5.74, 6) is -0.332. The molecule has 1 aromatic carbocycles.